The lowest BCUT2D eigenvalue weighted by Crippen LogP contribution is -2.16. The van der Waals surface area contributed by atoms with Crippen molar-refractivity contribution in [1.82, 2.24) is 0 Å². The normalized spacial score (nSPS) is 15.8. The van der Waals surface area contributed by atoms with Gasteiger partial charge < -0.3 is 5.11 Å². The maximum Gasteiger partial charge on any atom is 0.267 e. The minimum Gasteiger partial charge on any atom is -0.393 e. The van der Waals surface area contributed by atoms with Crippen LogP contribution in [0.3, 0.4) is 0 Å². The molecule has 104 valence electrons. The van der Waals surface area contributed by atoms with Crippen molar-refractivity contribution in [3.05, 3.63) is 0 Å². The molecule has 0 aromatic carbocycles. The number of unbranched alkanes of at least 4 members (excludes halogenated alkanes) is 5. The van der Waals surface area contributed by atoms with Crippen LogP contribution in [-0.4, -0.2) is 29.4 Å². The number of rotatable bonds is 10. The Balaban J connectivity index is 3.30. The van der Waals surface area contributed by atoms with Crippen LogP contribution in [0.25, 0.3) is 0 Å². The van der Waals surface area contributed by atoms with Crippen LogP contribution in [0.5, 0.6) is 0 Å². The van der Waals surface area contributed by atoms with E-state index in [4.69, 9.17) is 9.66 Å². The zero-order valence-corrected chi connectivity index (χ0v) is 11.7. The van der Waals surface area contributed by atoms with Crippen LogP contribution >= 0.6 is 0 Å². The molecule has 5 heteroatoms. The minimum atomic E-state index is -3.84. The van der Waals surface area contributed by atoms with Crippen molar-refractivity contribution < 1.29 is 18.1 Å². The Labute approximate surface area is 105 Å². The Morgan fingerprint density at radius 3 is 1.71 bits per heavy atom. The fourth-order valence-corrected chi connectivity index (χ4v) is 2.19. The first kappa shape index (κ1) is 16.9. The van der Waals surface area contributed by atoms with E-state index in [1.54, 1.807) is 6.92 Å². The number of aliphatic hydroxyl groups is 1. The second-order valence-electron chi connectivity index (χ2n) is 4.87. The van der Waals surface area contributed by atoms with Gasteiger partial charge in [-0.2, -0.15) is 8.42 Å². The van der Waals surface area contributed by atoms with E-state index in [-0.39, 0.29) is 6.10 Å². The third-order valence-corrected chi connectivity index (χ3v) is 4.24. The fourth-order valence-electron chi connectivity index (χ4n) is 1.73. The standard InChI is InChI=1S/C12H26O4S/c1-11(13)9-7-5-3-4-6-8-10-12(2)17(14,15)16/h11-13H,3-10H2,1-2H3,(H,14,15,16). The van der Waals surface area contributed by atoms with Gasteiger partial charge in [-0.25, -0.2) is 0 Å². The van der Waals surface area contributed by atoms with Gasteiger partial charge in [0.15, 0.2) is 0 Å². The first-order chi connectivity index (χ1) is 7.84. The minimum absolute atomic E-state index is 0.203. The van der Waals surface area contributed by atoms with Gasteiger partial charge in [0, 0.05) is 0 Å². The molecular weight excluding hydrogens is 240 g/mol. The summed E-state index contributed by atoms with van der Waals surface area (Å²) in [5.74, 6) is 0. The van der Waals surface area contributed by atoms with Crippen LogP contribution in [0.4, 0.5) is 0 Å². The van der Waals surface area contributed by atoms with Gasteiger partial charge in [-0.3, -0.25) is 4.55 Å². The maximum absolute atomic E-state index is 10.7. The fraction of sp³-hybridized carbons (Fsp3) is 1.00. The largest absolute Gasteiger partial charge is 0.393 e. The van der Waals surface area contributed by atoms with Crippen molar-refractivity contribution >= 4 is 10.1 Å². The predicted octanol–water partition coefficient (Wildman–Crippen LogP) is 2.76. The highest BCUT2D eigenvalue weighted by molar-refractivity contribution is 7.86. The lowest BCUT2D eigenvalue weighted by Gasteiger charge is -2.07. The van der Waals surface area contributed by atoms with Gasteiger partial charge in [0.2, 0.25) is 0 Å². The summed E-state index contributed by atoms with van der Waals surface area (Å²) in [6.07, 6.45) is 7.45. The predicted molar refractivity (Wildman–Crippen MR) is 69.6 cm³/mol. The van der Waals surface area contributed by atoms with E-state index in [2.05, 4.69) is 0 Å². The van der Waals surface area contributed by atoms with Gasteiger partial charge >= 0.3 is 0 Å². The highest BCUT2D eigenvalue weighted by Gasteiger charge is 2.15. The smallest absolute Gasteiger partial charge is 0.267 e. The summed E-state index contributed by atoms with van der Waals surface area (Å²) < 4.78 is 30.2. The second-order valence-corrected chi connectivity index (χ2v) is 6.71. The van der Waals surface area contributed by atoms with E-state index in [0.717, 1.165) is 44.9 Å². The monoisotopic (exact) mass is 266 g/mol. The Hall–Kier alpha value is -0.130. The summed E-state index contributed by atoms with van der Waals surface area (Å²) in [7, 11) is -3.84. The molecule has 2 N–H and O–H groups in total. The molecule has 0 rings (SSSR count). The van der Waals surface area contributed by atoms with Gasteiger partial charge in [-0.05, 0) is 26.7 Å². The molecule has 2 unspecified atom stereocenters. The van der Waals surface area contributed by atoms with Crippen molar-refractivity contribution in [2.24, 2.45) is 0 Å². The summed E-state index contributed by atoms with van der Waals surface area (Å²) >= 11 is 0. The molecule has 0 aliphatic heterocycles. The molecule has 0 heterocycles. The molecule has 0 saturated heterocycles. The quantitative estimate of drug-likeness (QED) is 0.471. The SMILES string of the molecule is CC(O)CCCCCCCCC(C)S(=O)(=O)O. The Kier molecular flexibility index (Phi) is 8.82. The van der Waals surface area contributed by atoms with Crippen molar-refractivity contribution in [3.63, 3.8) is 0 Å². The van der Waals surface area contributed by atoms with Gasteiger partial charge in [0.05, 0.1) is 11.4 Å². The van der Waals surface area contributed by atoms with Crippen LogP contribution in [0.15, 0.2) is 0 Å². The van der Waals surface area contributed by atoms with E-state index in [1.807, 2.05) is 0 Å². The zero-order valence-electron chi connectivity index (χ0n) is 10.9. The lowest BCUT2D eigenvalue weighted by atomic mass is 10.1. The molecule has 2 atom stereocenters. The molecular formula is C12H26O4S. The third-order valence-electron chi connectivity index (χ3n) is 2.99. The topological polar surface area (TPSA) is 74.6 Å². The molecule has 0 aliphatic rings. The molecule has 0 saturated carbocycles. The maximum atomic E-state index is 10.7. The molecule has 0 bridgehead atoms. The molecule has 0 aromatic rings. The molecule has 4 nitrogen and oxygen atoms in total. The zero-order chi connectivity index (χ0) is 13.3. The molecule has 0 aliphatic carbocycles. The summed E-state index contributed by atoms with van der Waals surface area (Å²) in [6, 6.07) is 0. The van der Waals surface area contributed by atoms with Crippen LogP contribution in [0.1, 0.15) is 65.2 Å². The third kappa shape index (κ3) is 10.7. The van der Waals surface area contributed by atoms with Crippen LogP contribution in [-0.2, 0) is 10.1 Å². The summed E-state index contributed by atoms with van der Waals surface area (Å²) in [5, 5.41) is 8.41. The Morgan fingerprint density at radius 1 is 0.882 bits per heavy atom. The van der Waals surface area contributed by atoms with Crippen LogP contribution in [0, 0.1) is 0 Å². The van der Waals surface area contributed by atoms with E-state index in [1.165, 1.54) is 6.92 Å². The highest BCUT2D eigenvalue weighted by Crippen LogP contribution is 2.13. The van der Waals surface area contributed by atoms with Crippen LogP contribution in [0.2, 0.25) is 0 Å². The van der Waals surface area contributed by atoms with E-state index < -0.39 is 15.4 Å². The number of hydrogen-bond donors (Lipinski definition) is 2. The van der Waals surface area contributed by atoms with Gasteiger partial charge in [0.1, 0.15) is 0 Å². The summed E-state index contributed by atoms with van der Waals surface area (Å²) in [4.78, 5) is 0. The second kappa shape index (κ2) is 8.89. The number of aliphatic hydroxyl groups excluding tert-OH is 1. The van der Waals surface area contributed by atoms with E-state index >= 15 is 0 Å². The average molecular weight is 266 g/mol. The molecule has 0 radical (unpaired) electrons. The molecule has 0 spiro atoms. The highest BCUT2D eigenvalue weighted by atomic mass is 32.2. The van der Waals surface area contributed by atoms with Crippen molar-refractivity contribution in [2.75, 3.05) is 0 Å². The number of hydrogen-bond acceptors (Lipinski definition) is 3. The molecule has 17 heavy (non-hydrogen) atoms. The first-order valence-electron chi connectivity index (χ1n) is 6.48. The summed E-state index contributed by atoms with van der Waals surface area (Å²) in [5.41, 5.74) is 0. The van der Waals surface area contributed by atoms with Crippen molar-refractivity contribution in [1.29, 1.82) is 0 Å². The van der Waals surface area contributed by atoms with E-state index in [0.29, 0.717) is 6.42 Å². The average Bonchev–Trinajstić information content (AvgIpc) is 2.19. The van der Waals surface area contributed by atoms with Gasteiger partial charge in [0.25, 0.3) is 10.1 Å². The first-order valence-corrected chi connectivity index (χ1v) is 7.98. The van der Waals surface area contributed by atoms with Crippen LogP contribution < -0.4 is 0 Å². The van der Waals surface area contributed by atoms with Crippen molar-refractivity contribution in [3.8, 4) is 0 Å². The molecule has 0 amide bonds. The Morgan fingerprint density at radius 2 is 1.29 bits per heavy atom. The summed E-state index contributed by atoms with van der Waals surface area (Å²) in [6.45, 7) is 3.34. The van der Waals surface area contributed by atoms with Crippen molar-refractivity contribution in [2.45, 2.75) is 76.6 Å². The van der Waals surface area contributed by atoms with E-state index in [9.17, 15) is 8.42 Å². The van der Waals surface area contributed by atoms with Gasteiger partial charge in [-0.15, -0.1) is 0 Å². The van der Waals surface area contributed by atoms with Gasteiger partial charge in [-0.1, -0.05) is 38.5 Å². The lowest BCUT2D eigenvalue weighted by molar-refractivity contribution is 0.180. The Bertz CT molecular complexity index is 272. The molecule has 0 aromatic heterocycles. The molecule has 0 fully saturated rings.